The fourth-order valence-electron chi connectivity index (χ4n) is 2.78. The van der Waals surface area contributed by atoms with Gasteiger partial charge in [0.25, 0.3) is 0 Å². The maximum Gasteiger partial charge on any atom is 1.00 e. The molecule has 178 valence electrons. The van der Waals surface area contributed by atoms with E-state index in [9.17, 15) is 0 Å². The molecule has 5 nitrogen and oxygen atoms in total. The Bertz CT molecular complexity index is 335. The largest absolute Gasteiger partial charge is 1.00 e. The fraction of sp³-hybridized carbons (Fsp3) is 0.913. The average molecular weight is 484 g/mol. The first kappa shape index (κ1) is 45.7. The van der Waals surface area contributed by atoms with Gasteiger partial charge in [0.05, 0.1) is 27.7 Å². The molecule has 8 heteroatoms. The Hall–Kier alpha value is 1.19. The zero-order valence-corrected chi connectivity index (χ0v) is 26.8. The number of unbranched alkanes of at least 4 members (excludes halogenated alkanes) is 13. The molecule has 0 heterocycles. The van der Waals surface area contributed by atoms with Gasteiger partial charge in [-0.15, -0.1) is 0 Å². The standard InChI is InChI=1S/C19H42N.2C2H4O2.ClH.2Na/c1-5-6-7-8-9-10-11-12-13-14-15-16-17-18-19-20(2,3)4;2*1-2(3)4;;;/h5-19H2,1-4H3;2*1H3,(H,3,4);1H;;/q+1;;;;2*+1/p-3. The van der Waals surface area contributed by atoms with Gasteiger partial charge >= 0.3 is 59.1 Å². The van der Waals surface area contributed by atoms with Crippen LogP contribution in [-0.4, -0.2) is 44.1 Å². The molecule has 0 atom stereocenters. The predicted molar refractivity (Wildman–Crippen MR) is 115 cm³/mol. The monoisotopic (exact) mass is 483 g/mol. The van der Waals surface area contributed by atoms with E-state index in [2.05, 4.69) is 28.1 Å². The van der Waals surface area contributed by atoms with Crippen molar-refractivity contribution in [3.8, 4) is 0 Å². The molecule has 0 aliphatic heterocycles. The zero-order valence-electron chi connectivity index (χ0n) is 22.1. The van der Waals surface area contributed by atoms with Crippen molar-refractivity contribution in [2.75, 3.05) is 27.7 Å². The van der Waals surface area contributed by atoms with E-state index in [0.29, 0.717) is 0 Å². The normalized spacial score (nSPS) is 9.35. The molecule has 0 fully saturated rings. The number of carbonyl (C=O) groups is 2. The van der Waals surface area contributed by atoms with Gasteiger partial charge in [-0.3, -0.25) is 0 Å². The third-order valence-electron chi connectivity index (χ3n) is 4.18. The minimum absolute atomic E-state index is 0. The van der Waals surface area contributed by atoms with Gasteiger partial charge in [-0.25, -0.2) is 0 Å². The second kappa shape index (κ2) is 35.8. The van der Waals surface area contributed by atoms with Crippen molar-refractivity contribution < 1.29 is 95.8 Å². The van der Waals surface area contributed by atoms with E-state index in [0.717, 1.165) is 18.3 Å². The minimum atomic E-state index is -1.08. The van der Waals surface area contributed by atoms with E-state index in [1.165, 1.54) is 96.4 Å². The topological polar surface area (TPSA) is 80.3 Å². The first-order chi connectivity index (χ1) is 13.0. The third-order valence-corrected chi connectivity index (χ3v) is 4.18. The molecule has 0 N–H and O–H groups in total. The smallest absolute Gasteiger partial charge is 1.00 e. The van der Waals surface area contributed by atoms with Gasteiger partial charge in [-0.05, 0) is 26.7 Å². The Morgan fingerprint density at radius 3 is 0.968 bits per heavy atom. The van der Waals surface area contributed by atoms with Gasteiger partial charge in [0, 0.05) is 11.9 Å². The first-order valence-electron chi connectivity index (χ1n) is 11.2. The van der Waals surface area contributed by atoms with E-state index >= 15 is 0 Å². The molecule has 0 bridgehead atoms. The predicted octanol–water partition coefficient (Wildman–Crippen LogP) is -5.30. The second-order valence-corrected chi connectivity index (χ2v) is 8.59. The summed E-state index contributed by atoms with van der Waals surface area (Å²) in [4.78, 5) is 17.8. The zero-order chi connectivity index (χ0) is 22.3. The molecule has 0 aliphatic rings. The Morgan fingerprint density at radius 1 is 0.581 bits per heavy atom. The van der Waals surface area contributed by atoms with Gasteiger partial charge in [0.1, 0.15) is 0 Å². The van der Waals surface area contributed by atoms with Crippen LogP contribution in [0, 0.1) is 0 Å². The van der Waals surface area contributed by atoms with Crippen LogP contribution in [0.4, 0.5) is 0 Å². The third kappa shape index (κ3) is 80.3. The Labute approximate surface area is 244 Å². The van der Waals surface area contributed by atoms with Crippen LogP contribution in [0.1, 0.15) is 111 Å². The van der Waals surface area contributed by atoms with Crippen molar-refractivity contribution in [2.45, 2.75) is 111 Å². The molecule has 0 aliphatic carbocycles. The molecule has 0 saturated heterocycles. The number of hydrogen-bond donors (Lipinski definition) is 0. The van der Waals surface area contributed by atoms with Crippen LogP contribution < -0.4 is 81.7 Å². The summed E-state index contributed by atoms with van der Waals surface area (Å²) >= 11 is 0. The molecule has 31 heavy (non-hydrogen) atoms. The summed E-state index contributed by atoms with van der Waals surface area (Å²) in [5, 5.41) is 17.8. The molecule has 0 rings (SSSR count). The van der Waals surface area contributed by atoms with Gasteiger partial charge in [0.15, 0.2) is 0 Å². The Kier molecular flexibility index (Phi) is 52.7. The molecule has 0 aromatic carbocycles. The second-order valence-electron chi connectivity index (χ2n) is 8.59. The van der Waals surface area contributed by atoms with Crippen molar-refractivity contribution in [2.24, 2.45) is 0 Å². The molecule has 0 spiro atoms. The number of nitrogens with zero attached hydrogens (tertiary/aromatic N) is 1. The summed E-state index contributed by atoms with van der Waals surface area (Å²) in [6.45, 7) is 5.57. The van der Waals surface area contributed by atoms with Gasteiger partial charge < -0.3 is 36.7 Å². The van der Waals surface area contributed by atoms with Gasteiger partial charge in [-0.2, -0.15) is 0 Å². The quantitative estimate of drug-likeness (QED) is 0.132. The van der Waals surface area contributed by atoms with Crippen molar-refractivity contribution >= 4 is 11.9 Å². The Morgan fingerprint density at radius 2 is 0.774 bits per heavy atom. The number of carbonyl (C=O) groups excluding carboxylic acids is 2. The van der Waals surface area contributed by atoms with Crippen molar-refractivity contribution in [1.29, 1.82) is 0 Å². The first-order valence-corrected chi connectivity index (χ1v) is 11.2. The number of halogens is 1. The summed E-state index contributed by atoms with van der Waals surface area (Å²) in [5.74, 6) is -2.17. The van der Waals surface area contributed by atoms with Crippen LogP contribution in [0.5, 0.6) is 0 Å². The van der Waals surface area contributed by atoms with E-state index < -0.39 is 11.9 Å². The molecule has 0 radical (unpaired) electrons. The maximum absolute atomic E-state index is 8.89. The molecule has 0 unspecified atom stereocenters. The van der Waals surface area contributed by atoms with Crippen LogP contribution in [0.25, 0.3) is 0 Å². The molecule has 0 amide bonds. The molecule has 0 saturated carbocycles. The number of carboxylic acids is 2. The number of hydrogen-bond acceptors (Lipinski definition) is 4. The number of carboxylic acid groups (broad SMARTS) is 2. The SMILES string of the molecule is CC(=O)[O-].CC(=O)[O-].CCCCCCCCCCCCCCCC[N+](C)(C)C.[Cl-].[Na+].[Na+]. The van der Waals surface area contributed by atoms with E-state index in [1.807, 2.05) is 0 Å². The van der Waals surface area contributed by atoms with Crippen molar-refractivity contribution in [3.05, 3.63) is 0 Å². The van der Waals surface area contributed by atoms with Gasteiger partial charge in [0.2, 0.25) is 0 Å². The maximum atomic E-state index is 8.89. The molecule has 0 aromatic rings. The fourth-order valence-corrected chi connectivity index (χ4v) is 2.78. The number of aliphatic carboxylic acids is 2. The summed E-state index contributed by atoms with van der Waals surface area (Å²) in [7, 11) is 6.88. The average Bonchev–Trinajstić information content (AvgIpc) is 2.53. The number of rotatable bonds is 15. The molecule has 0 aromatic heterocycles. The Balaban J connectivity index is -0.000000122. The minimum Gasteiger partial charge on any atom is -1.00 e. The summed E-state index contributed by atoms with van der Waals surface area (Å²) < 4.78 is 1.12. The van der Waals surface area contributed by atoms with E-state index in [1.54, 1.807) is 0 Å². The summed E-state index contributed by atoms with van der Waals surface area (Å²) in [5.41, 5.74) is 0. The molecular weight excluding hydrogens is 436 g/mol. The van der Waals surface area contributed by atoms with Crippen LogP contribution in [0.3, 0.4) is 0 Å². The van der Waals surface area contributed by atoms with Crippen LogP contribution in [0.2, 0.25) is 0 Å². The van der Waals surface area contributed by atoms with Crippen LogP contribution in [-0.2, 0) is 9.59 Å². The van der Waals surface area contributed by atoms with Gasteiger partial charge in [-0.1, -0.05) is 84.0 Å². The van der Waals surface area contributed by atoms with Crippen molar-refractivity contribution in [3.63, 3.8) is 0 Å². The van der Waals surface area contributed by atoms with E-state index in [-0.39, 0.29) is 71.5 Å². The summed E-state index contributed by atoms with van der Waals surface area (Å²) in [6.07, 6.45) is 20.4. The van der Waals surface area contributed by atoms with Crippen molar-refractivity contribution in [1.82, 2.24) is 0 Å². The van der Waals surface area contributed by atoms with E-state index in [4.69, 9.17) is 19.8 Å². The molecular formula is C23H48ClNNa2O4. The number of quaternary nitrogens is 1. The van der Waals surface area contributed by atoms with Crippen LogP contribution in [0.15, 0.2) is 0 Å². The van der Waals surface area contributed by atoms with Crippen LogP contribution >= 0.6 is 0 Å². The summed E-state index contributed by atoms with van der Waals surface area (Å²) in [6, 6.07) is 0.